The van der Waals surface area contributed by atoms with E-state index >= 15 is 0 Å². The van der Waals surface area contributed by atoms with Gasteiger partial charge in [0.05, 0.1) is 6.10 Å². The first-order valence-electron chi connectivity index (χ1n) is 11.2. The molecule has 5 atom stereocenters. The lowest BCUT2D eigenvalue weighted by Crippen LogP contribution is -2.15. The van der Waals surface area contributed by atoms with Crippen LogP contribution in [-0.2, 0) is 4.79 Å². The molecule has 156 valence electrons. The van der Waals surface area contributed by atoms with E-state index in [1.807, 2.05) is 6.92 Å². The van der Waals surface area contributed by atoms with Crippen LogP contribution in [0.15, 0.2) is 0 Å². The van der Waals surface area contributed by atoms with Crippen LogP contribution in [0.5, 0.6) is 0 Å². The van der Waals surface area contributed by atoms with Crippen LogP contribution in [0.1, 0.15) is 112 Å². The Morgan fingerprint density at radius 1 is 0.769 bits per heavy atom. The maximum absolute atomic E-state index is 10.6. The molecule has 0 aromatic heterocycles. The van der Waals surface area contributed by atoms with Crippen LogP contribution in [0.4, 0.5) is 0 Å². The second-order valence-corrected chi connectivity index (χ2v) is 8.96. The Morgan fingerprint density at radius 3 is 1.85 bits per heavy atom. The molecule has 3 nitrogen and oxygen atoms in total. The average Bonchev–Trinajstić information content (AvgIpc) is 2.58. The monoisotopic (exact) mass is 370 g/mol. The maximum Gasteiger partial charge on any atom is 0.303 e. The van der Waals surface area contributed by atoms with Crippen molar-refractivity contribution in [3.05, 3.63) is 0 Å². The van der Waals surface area contributed by atoms with Crippen LogP contribution >= 0.6 is 0 Å². The molecule has 0 saturated heterocycles. The van der Waals surface area contributed by atoms with Crippen molar-refractivity contribution in [2.45, 2.75) is 118 Å². The number of carboxylic acid groups (broad SMARTS) is 1. The molecule has 0 aliphatic rings. The SMILES string of the molecule is CCCC(CCC(C)CCCC[C@@H](C)CCC(=O)O)C(C)CC[C@H](C)O. The summed E-state index contributed by atoms with van der Waals surface area (Å²) in [6, 6.07) is 0. The molecule has 0 fully saturated rings. The van der Waals surface area contributed by atoms with Gasteiger partial charge in [0, 0.05) is 6.42 Å². The molecule has 0 aliphatic heterocycles. The molecule has 3 unspecified atom stereocenters. The zero-order valence-electron chi connectivity index (χ0n) is 18.2. The Balaban J connectivity index is 3.94. The minimum absolute atomic E-state index is 0.170. The maximum atomic E-state index is 10.6. The average molecular weight is 371 g/mol. The molecular formula is C23H46O3. The smallest absolute Gasteiger partial charge is 0.303 e. The summed E-state index contributed by atoms with van der Waals surface area (Å²) in [5.41, 5.74) is 0. The molecule has 0 aliphatic carbocycles. The van der Waals surface area contributed by atoms with Crippen molar-refractivity contribution in [3.63, 3.8) is 0 Å². The zero-order valence-corrected chi connectivity index (χ0v) is 18.2. The molecule has 0 amide bonds. The van der Waals surface area contributed by atoms with Crippen molar-refractivity contribution in [3.8, 4) is 0 Å². The van der Waals surface area contributed by atoms with Gasteiger partial charge in [0.2, 0.25) is 0 Å². The lowest BCUT2D eigenvalue weighted by molar-refractivity contribution is -0.137. The summed E-state index contributed by atoms with van der Waals surface area (Å²) in [6.07, 6.45) is 13.2. The summed E-state index contributed by atoms with van der Waals surface area (Å²) in [5.74, 6) is 2.16. The van der Waals surface area contributed by atoms with Gasteiger partial charge in [-0.25, -0.2) is 0 Å². The second-order valence-electron chi connectivity index (χ2n) is 8.96. The predicted octanol–water partition coefficient (Wildman–Crippen LogP) is 6.68. The van der Waals surface area contributed by atoms with E-state index in [9.17, 15) is 9.90 Å². The van der Waals surface area contributed by atoms with Gasteiger partial charge in [-0.3, -0.25) is 4.79 Å². The highest BCUT2D eigenvalue weighted by Crippen LogP contribution is 2.29. The molecular weight excluding hydrogens is 324 g/mol. The molecule has 0 rings (SSSR count). The minimum Gasteiger partial charge on any atom is -0.481 e. The number of aliphatic hydroxyl groups excluding tert-OH is 1. The zero-order chi connectivity index (χ0) is 19.9. The van der Waals surface area contributed by atoms with Gasteiger partial charge in [0.1, 0.15) is 0 Å². The van der Waals surface area contributed by atoms with Gasteiger partial charge < -0.3 is 10.2 Å². The molecule has 0 saturated carbocycles. The van der Waals surface area contributed by atoms with Crippen LogP contribution < -0.4 is 0 Å². The van der Waals surface area contributed by atoms with Crippen LogP contribution in [-0.4, -0.2) is 22.3 Å². The number of hydrogen-bond acceptors (Lipinski definition) is 2. The highest BCUT2D eigenvalue weighted by molar-refractivity contribution is 5.66. The molecule has 0 spiro atoms. The van der Waals surface area contributed by atoms with Crippen molar-refractivity contribution in [2.24, 2.45) is 23.7 Å². The largest absolute Gasteiger partial charge is 0.481 e. The number of carboxylic acids is 1. The highest BCUT2D eigenvalue weighted by atomic mass is 16.4. The standard InChI is InChI=1S/C23H46O3/c1-6-9-22(20(4)14-15-21(5)24)16-12-18(2)10-7-8-11-19(3)13-17-23(25)26/h18-22,24H,6-17H2,1-5H3,(H,25,26)/t18?,19-,20?,21+,22?/m1/s1. The highest BCUT2D eigenvalue weighted by Gasteiger charge is 2.18. The van der Waals surface area contributed by atoms with Crippen molar-refractivity contribution in [1.29, 1.82) is 0 Å². The first kappa shape index (κ1) is 25.4. The second kappa shape index (κ2) is 15.5. The van der Waals surface area contributed by atoms with E-state index < -0.39 is 5.97 Å². The summed E-state index contributed by atoms with van der Waals surface area (Å²) in [6.45, 7) is 11.1. The van der Waals surface area contributed by atoms with Gasteiger partial charge in [-0.2, -0.15) is 0 Å². The fourth-order valence-corrected chi connectivity index (χ4v) is 3.97. The van der Waals surface area contributed by atoms with E-state index in [1.165, 1.54) is 44.9 Å². The predicted molar refractivity (Wildman–Crippen MR) is 111 cm³/mol. The Kier molecular flexibility index (Phi) is 15.1. The number of hydrogen-bond donors (Lipinski definition) is 2. The molecule has 2 N–H and O–H groups in total. The van der Waals surface area contributed by atoms with E-state index in [-0.39, 0.29) is 6.10 Å². The quantitative estimate of drug-likeness (QED) is 0.281. The Morgan fingerprint density at radius 2 is 1.35 bits per heavy atom. The fraction of sp³-hybridized carbons (Fsp3) is 0.957. The number of aliphatic carboxylic acids is 1. The van der Waals surface area contributed by atoms with E-state index in [2.05, 4.69) is 27.7 Å². The molecule has 0 radical (unpaired) electrons. The summed E-state index contributed by atoms with van der Waals surface area (Å²) in [4.78, 5) is 10.6. The summed E-state index contributed by atoms with van der Waals surface area (Å²) in [7, 11) is 0. The fourth-order valence-electron chi connectivity index (χ4n) is 3.97. The molecule has 0 heterocycles. The van der Waals surface area contributed by atoms with Gasteiger partial charge in [0.15, 0.2) is 0 Å². The molecule has 26 heavy (non-hydrogen) atoms. The summed E-state index contributed by atoms with van der Waals surface area (Å²) < 4.78 is 0. The number of unbranched alkanes of at least 4 members (excludes halogenated alkanes) is 1. The van der Waals surface area contributed by atoms with Crippen molar-refractivity contribution in [1.82, 2.24) is 0 Å². The first-order valence-corrected chi connectivity index (χ1v) is 11.2. The number of rotatable bonds is 17. The number of aliphatic hydroxyl groups is 1. The first-order chi connectivity index (χ1) is 12.3. The normalized spacial score (nSPS) is 17.5. The Labute approximate surface area is 163 Å². The minimum atomic E-state index is -0.671. The summed E-state index contributed by atoms with van der Waals surface area (Å²) >= 11 is 0. The Hall–Kier alpha value is -0.570. The van der Waals surface area contributed by atoms with Crippen LogP contribution in [0.3, 0.4) is 0 Å². The van der Waals surface area contributed by atoms with Crippen LogP contribution in [0.25, 0.3) is 0 Å². The van der Waals surface area contributed by atoms with Crippen molar-refractivity contribution >= 4 is 5.97 Å². The molecule has 3 heteroatoms. The third-order valence-corrected chi connectivity index (χ3v) is 6.03. The van der Waals surface area contributed by atoms with Crippen molar-refractivity contribution in [2.75, 3.05) is 0 Å². The lowest BCUT2D eigenvalue weighted by atomic mass is 9.81. The van der Waals surface area contributed by atoms with Gasteiger partial charge in [-0.1, -0.05) is 72.6 Å². The van der Waals surface area contributed by atoms with Crippen LogP contribution in [0, 0.1) is 23.7 Å². The molecule has 0 aromatic carbocycles. The van der Waals surface area contributed by atoms with Gasteiger partial charge in [-0.05, 0) is 56.3 Å². The van der Waals surface area contributed by atoms with Gasteiger partial charge >= 0.3 is 5.97 Å². The number of carbonyl (C=O) groups is 1. The van der Waals surface area contributed by atoms with E-state index in [4.69, 9.17) is 5.11 Å². The van der Waals surface area contributed by atoms with Crippen LogP contribution in [0.2, 0.25) is 0 Å². The van der Waals surface area contributed by atoms with Gasteiger partial charge in [-0.15, -0.1) is 0 Å². The third kappa shape index (κ3) is 14.6. The topological polar surface area (TPSA) is 57.5 Å². The van der Waals surface area contributed by atoms with E-state index in [1.54, 1.807) is 0 Å². The molecule has 0 aromatic rings. The molecule has 0 bridgehead atoms. The lowest BCUT2D eigenvalue weighted by Gasteiger charge is -2.25. The van der Waals surface area contributed by atoms with Crippen molar-refractivity contribution < 1.29 is 15.0 Å². The third-order valence-electron chi connectivity index (χ3n) is 6.03. The summed E-state index contributed by atoms with van der Waals surface area (Å²) in [5, 5.41) is 18.3. The van der Waals surface area contributed by atoms with Gasteiger partial charge in [0.25, 0.3) is 0 Å². The van der Waals surface area contributed by atoms with E-state index in [0.29, 0.717) is 18.3 Å². The Bertz CT molecular complexity index is 340. The van der Waals surface area contributed by atoms with E-state index in [0.717, 1.165) is 37.5 Å².